The van der Waals surface area contributed by atoms with E-state index in [1.165, 1.54) is 7.11 Å². The van der Waals surface area contributed by atoms with Gasteiger partial charge in [-0.15, -0.1) is 0 Å². The number of aromatic nitrogens is 2. The summed E-state index contributed by atoms with van der Waals surface area (Å²) in [5, 5.41) is 3.88. The van der Waals surface area contributed by atoms with E-state index in [9.17, 15) is 4.79 Å². The molecule has 1 heterocycles. The Hall–Kier alpha value is -1.16. The van der Waals surface area contributed by atoms with Gasteiger partial charge in [0, 0.05) is 19.5 Å². The van der Waals surface area contributed by atoms with Crippen LogP contribution in [0.3, 0.4) is 0 Å². The Balaban J connectivity index is 2.37. The molecule has 0 N–H and O–H groups in total. The number of rotatable bonds is 4. The molecule has 0 fully saturated rings. The van der Waals surface area contributed by atoms with E-state index in [0.717, 1.165) is 0 Å². The minimum atomic E-state index is 0.0243. The first-order chi connectivity index (χ1) is 5.33. The van der Waals surface area contributed by atoms with Crippen LogP contribution in [0.5, 0.6) is 0 Å². The van der Waals surface area contributed by atoms with Crippen LogP contribution in [0.15, 0.2) is 18.5 Å². The van der Waals surface area contributed by atoms with Gasteiger partial charge in [-0.1, -0.05) is 0 Å². The first-order valence-electron chi connectivity index (χ1n) is 3.31. The molecule has 4 heteroatoms. The van der Waals surface area contributed by atoms with E-state index >= 15 is 0 Å². The lowest BCUT2D eigenvalue weighted by Gasteiger charge is -1.98. The van der Waals surface area contributed by atoms with Crippen molar-refractivity contribution in [1.29, 1.82) is 0 Å². The van der Waals surface area contributed by atoms with Gasteiger partial charge in [0.15, 0.2) is 5.78 Å². The second-order valence-electron chi connectivity index (χ2n) is 2.18. The maximum Gasteiger partial charge on any atom is 0.179 e. The summed E-state index contributed by atoms with van der Waals surface area (Å²) in [6.45, 7) is 0.445. The molecule has 0 amide bonds. The molecule has 0 aromatic carbocycles. The van der Waals surface area contributed by atoms with Crippen molar-refractivity contribution in [1.82, 2.24) is 9.78 Å². The summed E-state index contributed by atoms with van der Waals surface area (Å²) in [4.78, 5) is 10.9. The number of ketones is 1. The van der Waals surface area contributed by atoms with E-state index in [4.69, 9.17) is 0 Å². The molecule has 60 valence electrons. The van der Waals surface area contributed by atoms with Crippen LogP contribution in [-0.4, -0.2) is 29.3 Å². The summed E-state index contributed by atoms with van der Waals surface area (Å²) < 4.78 is 6.23. The molecule has 11 heavy (non-hydrogen) atoms. The van der Waals surface area contributed by atoms with E-state index in [1.807, 2.05) is 0 Å². The van der Waals surface area contributed by atoms with Crippen molar-refractivity contribution in [2.75, 3.05) is 13.7 Å². The number of carbonyl (C=O) groups is 1. The fourth-order valence-electron chi connectivity index (χ4n) is 0.781. The summed E-state index contributed by atoms with van der Waals surface area (Å²) in [5.74, 6) is 0.0243. The number of hydrogen-bond donors (Lipinski definition) is 0. The van der Waals surface area contributed by atoms with Crippen LogP contribution in [0.2, 0.25) is 0 Å². The largest absolute Gasteiger partial charge is 0.377 e. The van der Waals surface area contributed by atoms with Crippen LogP contribution in [0, 0.1) is 0 Å². The normalized spacial score (nSPS) is 9.91. The second-order valence-corrected chi connectivity index (χ2v) is 2.18. The molecule has 0 aliphatic carbocycles. The van der Waals surface area contributed by atoms with Gasteiger partial charge in [0.1, 0.15) is 13.2 Å². The topological polar surface area (TPSA) is 44.1 Å². The molecule has 4 nitrogen and oxygen atoms in total. The van der Waals surface area contributed by atoms with Crippen LogP contribution in [0.4, 0.5) is 0 Å². The van der Waals surface area contributed by atoms with Crippen molar-refractivity contribution in [3.63, 3.8) is 0 Å². The fourth-order valence-corrected chi connectivity index (χ4v) is 0.781. The van der Waals surface area contributed by atoms with Crippen molar-refractivity contribution in [3.8, 4) is 0 Å². The second kappa shape index (κ2) is 3.88. The average molecular weight is 154 g/mol. The number of Topliss-reactive ketones (excluding diaryl/α,β-unsaturated/α-hetero) is 1. The maximum atomic E-state index is 10.9. The zero-order valence-corrected chi connectivity index (χ0v) is 6.36. The molecule has 0 bridgehead atoms. The lowest BCUT2D eigenvalue weighted by molar-refractivity contribution is -0.123. The van der Waals surface area contributed by atoms with E-state index in [2.05, 4.69) is 9.84 Å². The number of methoxy groups -OCH3 is 1. The van der Waals surface area contributed by atoms with Crippen LogP contribution >= 0.6 is 0 Å². The number of ether oxygens (including phenoxy) is 1. The third kappa shape index (κ3) is 2.51. The molecule has 1 aromatic rings. The highest BCUT2D eigenvalue weighted by atomic mass is 16.5. The van der Waals surface area contributed by atoms with Crippen LogP contribution in [-0.2, 0) is 16.1 Å². The highest BCUT2D eigenvalue weighted by Gasteiger charge is 2.00. The Kier molecular flexibility index (Phi) is 2.80. The number of carbonyl (C=O) groups excluding carboxylic acids is 1. The highest BCUT2D eigenvalue weighted by Crippen LogP contribution is 1.85. The van der Waals surface area contributed by atoms with E-state index in [1.54, 1.807) is 23.1 Å². The Morgan fingerprint density at radius 2 is 2.55 bits per heavy atom. The van der Waals surface area contributed by atoms with Gasteiger partial charge < -0.3 is 4.74 Å². The van der Waals surface area contributed by atoms with E-state index in [0.29, 0.717) is 6.54 Å². The standard InChI is InChI=1S/C7H10N2O2/c1-11-6-7(10)5-9-4-2-3-8-9/h2-4H,5-6H2,1H3. The third-order valence-electron chi connectivity index (χ3n) is 1.20. The predicted molar refractivity (Wildman–Crippen MR) is 39.1 cm³/mol. The molecule has 0 atom stereocenters. The van der Waals surface area contributed by atoms with Gasteiger partial charge in [-0.2, -0.15) is 5.10 Å². The van der Waals surface area contributed by atoms with Gasteiger partial charge in [-0.25, -0.2) is 0 Å². The molecule has 1 aromatic heterocycles. The molecule has 0 aliphatic rings. The van der Waals surface area contributed by atoms with E-state index in [-0.39, 0.29) is 12.4 Å². The fraction of sp³-hybridized carbons (Fsp3) is 0.429. The SMILES string of the molecule is COCC(=O)Cn1cccn1. The summed E-state index contributed by atoms with van der Waals surface area (Å²) in [5.41, 5.74) is 0. The smallest absolute Gasteiger partial charge is 0.179 e. The van der Waals surface area contributed by atoms with Crippen molar-refractivity contribution < 1.29 is 9.53 Å². The molecule has 0 saturated heterocycles. The van der Waals surface area contributed by atoms with Crippen LogP contribution in [0.25, 0.3) is 0 Å². The summed E-state index contributed by atoms with van der Waals surface area (Å²) in [6.07, 6.45) is 3.38. The third-order valence-corrected chi connectivity index (χ3v) is 1.20. The van der Waals surface area contributed by atoms with Gasteiger partial charge in [-0.05, 0) is 6.07 Å². The molecule has 1 rings (SSSR count). The minimum Gasteiger partial charge on any atom is -0.377 e. The molecular weight excluding hydrogens is 144 g/mol. The molecule has 0 saturated carbocycles. The maximum absolute atomic E-state index is 10.9. The Labute approximate surface area is 64.8 Å². The monoisotopic (exact) mass is 154 g/mol. The predicted octanol–water partition coefficient (Wildman–Crippen LogP) is 0.0986. The Morgan fingerprint density at radius 3 is 3.09 bits per heavy atom. The summed E-state index contributed by atoms with van der Waals surface area (Å²) in [7, 11) is 1.50. The van der Waals surface area contributed by atoms with Crippen molar-refractivity contribution in [2.45, 2.75) is 6.54 Å². The van der Waals surface area contributed by atoms with Gasteiger partial charge in [-0.3, -0.25) is 9.48 Å². The molecule has 0 unspecified atom stereocenters. The minimum absolute atomic E-state index is 0.0243. The average Bonchev–Trinajstić information content (AvgIpc) is 2.40. The van der Waals surface area contributed by atoms with Crippen LogP contribution < -0.4 is 0 Å². The Bertz CT molecular complexity index is 218. The lowest BCUT2D eigenvalue weighted by atomic mass is 10.4. The summed E-state index contributed by atoms with van der Waals surface area (Å²) in [6, 6.07) is 1.78. The quantitative estimate of drug-likeness (QED) is 0.617. The number of hydrogen-bond acceptors (Lipinski definition) is 3. The van der Waals surface area contributed by atoms with Crippen molar-refractivity contribution >= 4 is 5.78 Å². The van der Waals surface area contributed by atoms with Gasteiger partial charge >= 0.3 is 0 Å². The van der Waals surface area contributed by atoms with Gasteiger partial charge in [0.05, 0.1) is 0 Å². The molecule has 0 spiro atoms. The highest BCUT2D eigenvalue weighted by molar-refractivity contribution is 5.79. The molecule has 0 aliphatic heterocycles. The Morgan fingerprint density at radius 1 is 1.73 bits per heavy atom. The first-order valence-corrected chi connectivity index (χ1v) is 3.31. The zero-order valence-electron chi connectivity index (χ0n) is 6.36. The summed E-state index contributed by atoms with van der Waals surface area (Å²) >= 11 is 0. The van der Waals surface area contributed by atoms with Crippen LogP contribution in [0.1, 0.15) is 0 Å². The zero-order chi connectivity index (χ0) is 8.10. The van der Waals surface area contributed by atoms with E-state index < -0.39 is 0 Å². The lowest BCUT2D eigenvalue weighted by Crippen LogP contribution is -2.15. The number of nitrogens with zero attached hydrogens (tertiary/aromatic N) is 2. The molecular formula is C7H10N2O2. The van der Waals surface area contributed by atoms with Crippen molar-refractivity contribution in [3.05, 3.63) is 18.5 Å². The molecule has 0 radical (unpaired) electrons. The first kappa shape index (κ1) is 7.94. The van der Waals surface area contributed by atoms with Gasteiger partial charge in [0.2, 0.25) is 0 Å². The van der Waals surface area contributed by atoms with Crippen molar-refractivity contribution in [2.24, 2.45) is 0 Å². The van der Waals surface area contributed by atoms with Gasteiger partial charge in [0.25, 0.3) is 0 Å².